The molecular weight excluding hydrogens is 574 g/mol. The van der Waals surface area contributed by atoms with E-state index in [4.69, 9.17) is 15.9 Å². The molecule has 0 aliphatic heterocycles. The lowest BCUT2D eigenvalue weighted by Crippen LogP contribution is -2.53. The lowest BCUT2D eigenvalue weighted by molar-refractivity contribution is -0.141. The lowest BCUT2D eigenvalue weighted by atomic mass is 9.96. The number of nitrogens with zero attached hydrogens (tertiary/aromatic N) is 1. The quantitative estimate of drug-likeness (QED) is 0.143. The number of anilines is 1. The van der Waals surface area contributed by atoms with Gasteiger partial charge in [0.1, 0.15) is 23.4 Å². The summed E-state index contributed by atoms with van der Waals surface area (Å²) in [6.07, 6.45) is 13.6. The monoisotopic (exact) mass is 623 g/mol. The maximum Gasteiger partial charge on any atom is 0.408 e. The van der Waals surface area contributed by atoms with Crippen LogP contribution >= 0.6 is 11.8 Å². The summed E-state index contributed by atoms with van der Waals surface area (Å²) in [4.78, 5) is 43.1. The van der Waals surface area contributed by atoms with E-state index in [0.29, 0.717) is 47.7 Å². The number of rotatable bonds is 17. The fourth-order valence-electron chi connectivity index (χ4n) is 4.77. The average molecular weight is 624 g/mol. The van der Waals surface area contributed by atoms with Gasteiger partial charge >= 0.3 is 6.09 Å². The summed E-state index contributed by atoms with van der Waals surface area (Å²) < 4.78 is 10.8. The van der Waals surface area contributed by atoms with E-state index in [1.54, 1.807) is 87.0 Å². The van der Waals surface area contributed by atoms with Gasteiger partial charge in [-0.05, 0) is 81.5 Å². The molecular formula is C35H49N3O5S. The van der Waals surface area contributed by atoms with E-state index < -0.39 is 29.7 Å². The molecule has 0 bridgehead atoms. The molecule has 2 aromatic rings. The molecule has 2 unspecified atom stereocenters. The Kier molecular flexibility index (Phi) is 15.7. The number of nitrogens with one attached hydrogen (secondary N) is 2. The first-order valence-corrected chi connectivity index (χ1v) is 16.7. The van der Waals surface area contributed by atoms with Crippen LogP contribution in [0.3, 0.4) is 0 Å². The highest BCUT2D eigenvalue weighted by Crippen LogP contribution is 2.29. The van der Waals surface area contributed by atoms with Gasteiger partial charge in [0, 0.05) is 17.8 Å². The van der Waals surface area contributed by atoms with Crippen LogP contribution in [0.2, 0.25) is 0 Å². The van der Waals surface area contributed by atoms with Crippen molar-refractivity contribution in [2.45, 2.75) is 90.3 Å². The first kappa shape index (κ1) is 36.6. The molecule has 9 heteroatoms. The average Bonchev–Trinajstić information content (AvgIpc) is 2.99. The number of hydrogen-bond acceptors (Lipinski definition) is 6. The van der Waals surface area contributed by atoms with Gasteiger partial charge in [-0.15, -0.1) is 6.42 Å². The number of ether oxygens (including phenoxy) is 2. The molecule has 2 rings (SSSR count). The zero-order valence-corrected chi connectivity index (χ0v) is 27.9. The van der Waals surface area contributed by atoms with Crippen molar-refractivity contribution < 1.29 is 23.9 Å². The molecule has 44 heavy (non-hydrogen) atoms. The van der Waals surface area contributed by atoms with E-state index in [9.17, 15) is 14.4 Å². The molecule has 2 aromatic carbocycles. The van der Waals surface area contributed by atoms with Crippen molar-refractivity contribution in [1.82, 2.24) is 10.2 Å². The van der Waals surface area contributed by atoms with Gasteiger partial charge in [0.15, 0.2) is 0 Å². The van der Waals surface area contributed by atoms with Gasteiger partial charge in [0.05, 0.1) is 7.11 Å². The van der Waals surface area contributed by atoms with E-state index in [1.807, 2.05) is 12.3 Å². The van der Waals surface area contributed by atoms with Crippen LogP contribution in [0.15, 0.2) is 48.5 Å². The molecule has 0 saturated carbocycles. The van der Waals surface area contributed by atoms with Crippen molar-refractivity contribution in [2.75, 3.05) is 31.0 Å². The Balaban J connectivity index is 2.55. The first-order valence-electron chi connectivity index (χ1n) is 15.3. The number of carbonyl (C=O) groups excluding carboxylic acids is 3. The summed E-state index contributed by atoms with van der Waals surface area (Å²) in [5, 5.41) is 5.77. The van der Waals surface area contributed by atoms with Crippen molar-refractivity contribution in [1.29, 1.82) is 0 Å². The Morgan fingerprint density at radius 1 is 1.00 bits per heavy atom. The van der Waals surface area contributed by atoms with Crippen molar-refractivity contribution >= 4 is 35.4 Å². The van der Waals surface area contributed by atoms with Gasteiger partial charge < -0.3 is 25.0 Å². The summed E-state index contributed by atoms with van der Waals surface area (Å²) >= 11 is 1.57. The maximum atomic E-state index is 14.5. The fraction of sp³-hybridized carbons (Fsp3) is 0.514. The molecule has 0 saturated heterocycles. The lowest BCUT2D eigenvalue weighted by Gasteiger charge is -2.35. The van der Waals surface area contributed by atoms with Crippen LogP contribution in [0.4, 0.5) is 10.5 Å². The SMILES string of the molecule is C#Cc1ccccc1C(C(=O)Nc1ccc(OC)cc1)N(CCCCCCCC)C(=O)C(CCSC)NC(=O)OC(C)(C)C. The molecule has 0 radical (unpaired) electrons. The number of benzene rings is 2. The Bertz CT molecular complexity index is 1240. The topological polar surface area (TPSA) is 97.0 Å². The number of carbonyl (C=O) groups is 3. The van der Waals surface area contributed by atoms with E-state index >= 15 is 0 Å². The number of thioether (sulfide) groups is 1. The zero-order chi connectivity index (χ0) is 32.5. The molecule has 2 atom stereocenters. The van der Waals surface area contributed by atoms with Crippen LogP contribution in [-0.2, 0) is 14.3 Å². The van der Waals surface area contributed by atoms with Gasteiger partial charge in [-0.1, -0.05) is 63.1 Å². The normalized spacial score (nSPS) is 12.4. The first-order chi connectivity index (χ1) is 21.0. The third-order valence-electron chi connectivity index (χ3n) is 6.96. The minimum Gasteiger partial charge on any atom is -0.497 e. The van der Waals surface area contributed by atoms with E-state index in [2.05, 4.69) is 23.5 Å². The predicted octanol–water partition coefficient (Wildman–Crippen LogP) is 7.19. The van der Waals surface area contributed by atoms with E-state index in [1.165, 1.54) is 0 Å². The summed E-state index contributed by atoms with van der Waals surface area (Å²) in [5.41, 5.74) is 0.879. The molecule has 3 amide bonds. The van der Waals surface area contributed by atoms with Gasteiger partial charge in [0.25, 0.3) is 5.91 Å². The number of terminal acetylenes is 1. The summed E-state index contributed by atoms with van der Waals surface area (Å²) in [5.74, 6) is 3.20. The summed E-state index contributed by atoms with van der Waals surface area (Å²) in [7, 11) is 1.57. The van der Waals surface area contributed by atoms with Crippen LogP contribution in [0.5, 0.6) is 5.75 Å². The van der Waals surface area contributed by atoms with Gasteiger partial charge in [0.2, 0.25) is 5.91 Å². The van der Waals surface area contributed by atoms with Crippen LogP contribution < -0.4 is 15.4 Å². The minimum absolute atomic E-state index is 0.316. The summed E-state index contributed by atoms with van der Waals surface area (Å²) in [6.45, 7) is 7.80. The fourth-order valence-corrected chi connectivity index (χ4v) is 5.25. The second kappa shape index (κ2) is 18.9. The van der Waals surface area contributed by atoms with Crippen molar-refractivity contribution in [2.24, 2.45) is 0 Å². The van der Waals surface area contributed by atoms with Crippen molar-refractivity contribution in [3.8, 4) is 18.1 Å². The highest BCUT2D eigenvalue weighted by atomic mass is 32.2. The third kappa shape index (κ3) is 12.2. The van der Waals surface area contributed by atoms with Crippen molar-refractivity contribution in [3.05, 3.63) is 59.7 Å². The Labute approximate surface area is 268 Å². The van der Waals surface area contributed by atoms with Crippen molar-refractivity contribution in [3.63, 3.8) is 0 Å². The molecule has 240 valence electrons. The number of hydrogen-bond donors (Lipinski definition) is 2. The van der Waals surface area contributed by atoms with Gasteiger partial charge in [-0.2, -0.15) is 11.8 Å². The Morgan fingerprint density at radius 2 is 1.66 bits per heavy atom. The standard InChI is InChI=1S/C35H49N3O5S/c1-8-10-11-12-13-16-24-38(33(40)30(23-25-44-7)37-34(41)43-35(3,4)5)31(29-18-15-14-17-26(29)9-2)32(39)36-27-19-21-28(42-6)22-20-27/h2,14-15,17-22,30-31H,8,10-13,16,23-25H2,1,3-7H3,(H,36,39)(H,37,41). The molecule has 0 heterocycles. The maximum absolute atomic E-state index is 14.5. The third-order valence-corrected chi connectivity index (χ3v) is 7.61. The molecule has 0 aliphatic carbocycles. The second-order valence-corrected chi connectivity index (χ2v) is 12.6. The van der Waals surface area contributed by atoms with Crippen LogP contribution in [0, 0.1) is 12.3 Å². The Morgan fingerprint density at radius 3 is 2.27 bits per heavy atom. The number of methoxy groups -OCH3 is 1. The molecule has 0 spiro atoms. The Hall–Kier alpha value is -3.64. The number of alkyl carbamates (subject to hydrolysis) is 1. The van der Waals surface area contributed by atoms with Gasteiger partial charge in [-0.3, -0.25) is 9.59 Å². The van der Waals surface area contributed by atoms with Crippen LogP contribution in [-0.4, -0.2) is 60.1 Å². The number of amides is 3. The van der Waals surface area contributed by atoms with E-state index in [0.717, 1.165) is 32.1 Å². The minimum atomic E-state index is -1.04. The highest BCUT2D eigenvalue weighted by molar-refractivity contribution is 7.98. The molecule has 0 fully saturated rings. The van der Waals surface area contributed by atoms with Crippen LogP contribution in [0.25, 0.3) is 0 Å². The smallest absolute Gasteiger partial charge is 0.408 e. The summed E-state index contributed by atoms with van der Waals surface area (Å²) in [6, 6.07) is 12.2. The zero-order valence-electron chi connectivity index (χ0n) is 27.1. The van der Waals surface area contributed by atoms with Gasteiger partial charge in [-0.25, -0.2) is 4.79 Å². The van der Waals surface area contributed by atoms with Crippen LogP contribution in [0.1, 0.15) is 89.8 Å². The second-order valence-electron chi connectivity index (χ2n) is 11.6. The largest absolute Gasteiger partial charge is 0.497 e. The highest BCUT2D eigenvalue weighted by Gasteiger charge is 2.37. The molecule has 8 nitrogen and oxygen atoms in total. The molecule has 0 aromatic heterocycles. The van der Waals surface area contributed by atoms with E-state index in [-0.39, 0.29) is 5.91 Å². The molecule has 0 aliphatic rings. The predicted molar refractivity (Wildman–Crippen MR) is 180 cm³/mol. The number of unbranched alkanes of at least 4 members (excludes halogenated alkanes) is 5. The molecule has 2 N–H and O–H groups in total.